The zero-order valence-electron chi connectivity index (χ0n) is 14.9. The molecule has 0 unspecified atom stereocenters. The van der Waals surface area contributed by atoms with Gasteiger partial charge in [-0.1, -0.05) is 42.0 Å². The lowest BCUT2D eigenvalue weighted by Crippen LogP contribution is -2.22. The van der Waals surface area contributed by atoms with Crippen molar-refractivity contribution in [1.29, 1.82) is 0 Å². The number of benzene rings is 2. The number of aromatic nitrogens is 2. The van der Waals surface area contributed by atoms with E-state index in [2.05, 4.69) is 35.5 Å². The zero-order valence-corrected chi connectivity index (χ0v) is 14.9. The molecule has 1 N–H and O–H groups in total. The van der Waals surface area contributed by atoms with E-state index in [9.17, 15) is 4.79 Å². The van der Waals surface area contributed by atoms with Crippen LogP contribution in [0.1, 0.15) is 38.4 Å². The predicted octanol–water partition coefficient (Wildman–Crippen LogP) is 3.79. The van der Waals surface area contributed by atoms with Gasteiger partial charge in [0.25, 0.3) is 5.91 Å². The van der Waals surface area contributed by atoms with Crippen LogP contribution in [-0.4, -0.2) is 15.7 Å². The van der Waals surface area contributed by atoms with Crippen LogP contribution < -0.4 is 5.32 Å². The number of aryl methyl sites for hydroxylation is 3. The van der Waals surface area contributed by atoms with Gasteiger partial charge >= 0.3 is 0 Å². The monoisotopic (exact) mass is 333 g/mol. The number of nitrogens with zero attached hydrogens (tertiary/aromatic N) is 2. The van der Waals surface area contributed by atoms with Gasteiger partial charge in [0.05, 0.1) is 12.2 Å². The lowest BCUT2D eigenvalue weighted by molar-refractivity contribution is 0.0951. The highest BCUT2D eigenvalue weighted by molar-refractivity contribution is 5.94. The van der Waals surface area contributed by atoms with E-state index in [1.165, 1.54) is 5.56 Å². The van der Waals surface area contributed by atoms with E-state index in [0.717, 1.165) is 22.5 Å². The molecule has 0 aliphatic carbocycles. The van der Waals surface area contributed by atoms with Gasteiger partial charge in [0.1, 0.15) is 0 Å². The Bertz CT molecular complexity index is 861. The molecule has 25 heavy (non-hydrogen) atoms. The number of hydrogen-bond donors (Lipinski definition) is 1. The van der Waals surface area contributed by atoms with Crippen LogP contribution in [0.4, 0.5) is 0 Å². The smallest absolute Gasteiger partial charge is 0.251 e. The number of nitrogens with one attached hydrogen (secondary N) is 1. The molecule has 4 nitrogen and oxygen atoms in total. The quantitative estimate of drug-likeness (QED) is 0.772. The predicted molar refractivity (Wildman–Crippen MR) is 99.6 cm³/mol. The lowest BCUT2D eigenvalue weighted by Gasteiger charge is -2.08. The van der Waals surface area contributed by atoms with Crippen molar-refractivity contribution in [2.24, 2.45) is 0 Å². The molecule has 0 atom stereocenters. The van der Waals surface area contributed by atoms with Crippen molar-refractivity contribution < 1.29 is 4.79 Å². The van der Waals surface area contributed by atoms with Crippen LogP contribution in [-0.2, 0) is 13.1 Å². The average Bonchev–Trinajstić information content (AvgIpc) is 2.92. The molecule has 1 heterocycles. The van der Waals surface area contributed by atoms with Crippen molar-refractivity contribution in [3.8, 4) is 0 Å². The number of carbonyl (C=O) groups is 1. The second-order valence-electron chi connectivity index (χ2n) is 6.45. The summed E-state index contributed by atoms with van der Waals surface area (Å²) in [4.78, 5) is 12.3. The fourth-order valence-corrected chi connectivity index (χ4v) is 2.76. The first kappa shape index (κ1) is 17.0. The first-order valence-corrected chi connectivity index (χ1v) is 8.45. The average molecular weight is 333 g/mol. The highest BCUT2D eigenvalue weighted by Gasteiger charge is 2.07. The van der Waals surface area contributed by atoms with E-state index in [1.54, 1.807) is 0 Å². The summed E-state index contributed by atoms with van der Waals surface area (Å²) < 4.78 is 1.97. The number of carbonyl (C=O) groups excluding carboxylic acids is 1. The van der Waals surface area contributed by atoms with Crippen molar-refractivity contribution in [2.45, 2.75) is 33.9 Å². The third kappa shape index (κ3) is 4.35. The van der Waals surface area contributed by atoms with Crippen LogP contribution in [0.3, 0.4) is 0 Å². The molecule has 0 saturated carbocycles. The molecule has 0 fully saturated rings. The minimum absolute atomic E-state index is 0.0572. The molecule has 3 aromatic rings. The van der Waals surface area contributed by atoms with E-state index in [1.807, 2.05) is 54.9 Å². The molecule has 0 radical (unpaired) electrons. The Morgan fingerprint density at radius 3 is 2.20 bits per heavy atom. The van der Waals surface area contributed by atoms with Crippen molar-refractivity contribution in [3.63, 3.8) is 0 Å². The van der Waals surface area contributed by atoms with E-state index < -0.39 is 0 Å². The van der Waals surface area contributed by atoms with Crippen LogP contribution in [0.2, 0.25) is 0 Å². The van der Waals surface area contributed by atoms with E-state index in [4.69, 9.17) is 0 Å². The van der Waals surface area contributed by atoms with E-state index >= 15 is 0 Å². The fraction of sp³-hybridized carbons (Fsp3) is 0.238. The Labute approximate surface area is 148 Å². The Morgan fingerprint density at radius 1 is 0.960 bits per heavy atom. The molecule has 0 spiro atoms. The first-order valence-electron chi connectivity index (χ1n) is 8.45. The summed E-state index contributed by atoms with van der Waals surface area (Å²) in [6.07, 6.45) is 0. The van der Waals surface area contributed by atoms with Crippen LogP contribution in [0.25, 0.3) is 0 Å². The summed E-state index contributed by atoms with van der Waals surface area (Å²) in [5, 5.41) is 7.43. The van der Waals surface area contributed by atoms with Gasteiger partial charge in [-0.05, 0) is 50.1 Å². The summed E-state index contributed by atoms with van der Waals surface area (Å²) >= 11 is 0. The van der Waals surface area contributed by atoms with Gasteiger partial charge < -0.3 is 5.32 Å². The summed E-state index contributed by atoms with van der Waals surface area (Å²) in [7, 11) is 0. The minimum Gasteiger partial charge on any atom is -0.348 e. The van der Waals surface area contributed by atoms with Crippen molar-refractivity contribution in [3.05, 3.63) is 88.2 Å². The van der Waals surface area contributed by atoms with Gasteiger partial charge in [-0.2, -0.15) is 5.10 Å². The Hall–Kier alpha value is -2.88. The summed E-state index contributed by atoms with van der Waals surface area (Å²) in [5.74, 6) is -0.0572. The molecule has 2 aromatic carbocycles. The van der Waals surface area contributed by atoms with Gasteiger partial charge in [0.15, 0.2) is 0 Å². The molecular weight excluding hydrogens is 310 g/mol. The number of hydrogen-bond acceptors (Lipinski definition) is 2. The Balaban J connectivity index is 1.60. The number of amides is 1. The highest BCUT2D eigenvalue weighted by Crippen LogP contribution is 2.10. The van der Waals surface area contributed by atoms with Crippen LogP contribution in [0, 0.1) is 20.8 Å². The molecule has 3 rings (SSSR count). The Kier molecular flexibility index (Phi) is 4.98. The van der Waals surface area contributed by atoms with Gasteiger partial charge in [-0.15, -0.1) is 0 Å². The third-order valence-corrected chi connectivity index (χ3v) is 4.23. The zero-order chi connectivity index (χ0) is 17.8. The summed E-state index contributed by atoms with van der Waals surface area (Å²) in [6, 6.07) is 17.9. The summed E-state index contributed by atoms with van der Waals surface area (Å²) in [5.41, 5.74) is 6.26. The second kappa shape index (κ2) is 7.34. The van der Waals surface area contributed by atoms with Crippen LogP contribution >= 0.6 is 0 Å². The van der Waals surface area contributed by atoms with Crippen molar-refractivity contribution >= 4 is 5.91 Å². The topological polar surface area (TPSA) is 46.9 Å². The lowest BCUT2D eigenvalue weighted by atomic mass is 10.1. The second-order valence-corrected chi connectivity index (χ2v) is 6.45. The largest absolute Gasteiger partial charge is 0.348 e. The van der Waals surface area contributed by atoms with E-state index in [-0.39, 0.29) is 5.91 Å². The van der Waals surface area contributed by atoms with Crippen LogP contribution in [0.15, 0.2) is 54.6 Å². The van der Waals surface area contributed by atoms with Gasteiger partial charge in [0, 0.05) is 17.8 Å². The molecular formula is C21H23N3O. The third-order valence-electron chi connectivity index (χ3n) is 4.23. The van der Waals surface area contributed by atoms with Gasteiger partial charge in [-0.3, -0.25) is 9.48 Å². The molecule has 0 saturated heterocycles. The minimum atomic E-state index is -0.0572. The summed E-state index contributed by atoms with van der Waals surface area (Å²) in [6.45, 7) is 7.34. The molecule has 128 valence electrons. The molecule has 1 aromatic heterocycles. The Morgan fingerprint density at radius 2 is 1.60 bits per heavy atom. The molecule has 1 amide bonds. The van der Waals surface area contributed by atoms with Gasteiger partial charge in [0.2, 0.25) is 0 Å². The van der Waals surface area contributed by atoms with E-state index in [0.29, 0.717) is 18.7 Å². The molecule has 0 aliphatic rings. The fourth-order valence-electron chi connectivity index (χ4n) is 2.76. The first-order chi connectivity index (χ1) is 12.0. The van der Waals surface area contributed by atoms with Crippen LogP contribution in [0.5, 0.6) is 0 Å². The highest BCUT2D eigenvalue weighted by atomic mass is 16.1. The molecule has 4 heteroatoms. The SMILES string of the molecule is Cc1ccc(CNC(=O)c2ccc(Cn3nc(C)cc3C)cc2)cc1. The van der Waals surface area contributed by atoms with Crippen molar-refractivity contribution in [1.82, 2.24) is 15.1 Å². The molecule has 0 aliphatic heterocycles. The maximum atomic E-state index is 12.3. The maximum Gasteiger partial charge on any atom is 0.251 e. The van der Waals surface area contributed by atoms with Crippen molar-refractivity contribution in [2.75, 3.05) is 0 Å². The number of rotatable bonds is 5. The molecule has 0 bridgehead atoms. The maximum absolute atomic E-state index is 12.3. The standard InChI is InChI=1S/C21H23N3O/c1-15-4-6-18(7-5-15)13-22-21(25)20-10-8-19(9-11-20)14-24-17(3)12-16(2)23-24/h4-12H,13-14H2,1-3H3,(H,22,25). The normalized spacial score (nSPS) is 10.7. The van der Waals surface area contributed by atoms with Gasteiger partial charge in [-0.25, -0.2) is 0 Å².